The van der Waals surface area contributed by atoms with E-state index in [9.17, 15) is 9.59 Å². The third-order valence-corrected chi connectivity index (χ3v) is 5.03. The first-order valence-corrected chi connectivity index (χ1v) is 11.0. The van der Waals surface area contributed by atoms with Crippen molar-refractivity contribution >= 4 is 18.0 Å². The van der Waals surface area contributed by atoms with Gasteiger partial charge in [-0.1, -0.05) is 30.3 Å². The number of allylic oxidation sites excluding steroid dienone is 1. The van der Waals surface area contributed by atoms with Crippen LogP contribution < -0.4 is 0 Å². The van der Waals surface area contributed by atoms with Gasteiger partial charge in [-0.25, -0.2) is 14.6 Å². The zero-order valence-corrected chi connectivity index (χ0v) is 19.3. The summed E-state index contributed by atoms with van der Waals surface area (Å²) in [6, 6.07) is 14.5. The topological polar surface area (TPSA) is 81.4 Å². The number of esters is 1. The molecule has 0 fully saturated rings. The summed E-state index contributed by atoms with van der Waals surface area (Å²) >= 11 is 0. The number of aryl methyl sites for hydroxylation is 1. The van der Waals surface area contributed by atoms with Crippen LogP contribution in [0.5, 0.6) is 0 Å². The molecule has 0 aliphatic heterocycles. The Hall–Kier alpha value is -3.67. The van der Waals surface area contributed by atoms with Crippen LogP contribution in [0.25, 0.3) is 6.08 Å². The van der Waals surface area contributed by atoms with E-state index in [2.05, 4.69) is 11.1 Å². The van der Waals surface area contributed by atoms with Gasteiger partial charge in [0.05, 0.1) is 17.5 Å². The Morgan fingerprint density at radius 1 is 1.03 bits per heavy atom. The lowest BCUT2D eigenvalue weighted by Gasteiger charge is -2.19. The van der Waals surface area contributed by atoms with Crippen LogP contribution >= 0.6 is 0 Å². The predicted molar refractivity (Wildman–Crippen MR) is 128 cm³/mol. The van der Waals surface area contributed by atoms with E-state index in [1.54, 1.807) is 24.7 Å². The number of carboxylic acids is 1. The molecule has 0 unspecified atom stereocenters. The van der Waals surface area contributed by atoms with Gasteiger partial charge in [-0.3, -0.25) is 0 Å². The van der Waals surface area contributed by atoms with Crippen molar-refractivity contribution in [3.05, 3.63) is 95.1 Å². The minimum atomic E-state index is -0.929. The highest BCUT2D eigenvalue weighted by Crippen LogP contribution is 2.18. The van der Waals surface area contributed by atoms with E-state index in [-0.39, 0.29) is 11.5 Å². The van der Waals surface area contributed by atoms with Crippen molar-refractivity contribution in [3.8, 4) is 0 Å². The van der Waals surface area contributed by atoms with Gasteiger partial charge in [0.15, 0.2) is 0 Å². The second-order valence-electron chi connectivity index (χ2n) is 9.02. The van der Waals surface area contributed by atoms with Gasteiger partial charge in [-0.15, -0.1) is 0 Å². The van der Waals surface area contributed by atoms with Crippen LogP contribution in [0.3, 0.4) is 0 Å². The zero-order valence-electron chi connectivity index (χ0n) is 19.3. The Kier molecular flexibility index (Phi) is 7.83. The first-order chi connectivity index (χ1) is 15.7. The highest BCUT2D eigenvalue weighted by Gasteiger charge is 2.17. The number of aromatic nitrogens is 2. The fourth-order valence-corrected chi connectivity index (χ4v) is 3.43. The van der Waals surface area contributed by atoms with Gasteiger partial charge >= 0.3 is 11.9 Å². The molecule has 0 aliphatic rings. The number of benzene rings is 2. The Labute approximate surface area is 194 Å². The minimum absolute atomic E-state index is 0.276. The van der Waals surface area contributed by atoms with Crippen molar-refractivity contribution in [1.82, 2.24) is 9.55 Å². The van der Waals surface area contributed by atoms with Gasteiger partial charge in [0.1, 0.15) is 5.60 Å². The van der Waals surface area contributed by atoms with Crippen molar-refractivity contribution in [2.24, 2.45) is 0 Å². The van der Waals surface area contributed by atoms with E-state index in [0.717, 1.165) is 36.9 Å². The van der Waals surface area contributed by atoms with Crippen molar-refractivity contribution < 1.29 is 19.4 Å². The molecule has 3 rings (SSSR count). The molecular formula is C27H30N2O4. The zero-order chi connectivity index (χ0) is 23.8. The van der Waals surface area contributed by atoms with Crippen molar-refractivity contribution in [3.63, 3.8) is 0 Å². The molecule has 2 aromatic carbocycles. The van der Waals surface area contributed by atoms with Crippen LogP contribution in [0.1, 0.15) is 65.5 Å². The van der Waals surface area contributed by atoms with Crippen LogP contribution in [0.2, 0.25) is 0 Å². The minimum Gasteiger partial charge on any atom is -0.478 e. The highest BCUT2D eigenvalue weighted by molar-refractivity contribution is 5.89. The molecule has 0 saturated carbocycles. The SMILES string of the molecule is CC(C)(C)OC(=O)c1ccc(CCCC(=Cc2ccc(C(=O)O)cc2)Cn2ccnc2)cc1. The van der Waals surface area contributed by atoms with Crippen LogP contribution in [0.4, 0.5) is 0 Å². The van der Waals surface area contributed by atoms with Crippen molar-refractivity contribution in [2.45, 2.75) is 52.2 Å². The third-order valence-electron chi connectivity index (χ3n) is 5.03. The number of carboxylic acid groups (broad SMARTS) is 1. The standard InChI is InChI=1S/C27H30N2O4/c1-27(2,3)33-26(32)24-13-7-20(8-14-24)5-4-6-22(18-29-16-15-28-19-29)17-21-9-11-23(12-10-21)25(30)31/h7-17,19H,4-6,18H2,1-3H3,(H,30,31). The normalized spacial score (nSPS) is 11.9. The number of hydrogen-bond donors (Lipinski definition) is 1. The smallest absolute Gasteiger partial charge is 0.338 e. The highest BCUT2D eigenvalue weighted by atomic mass is 16.6. The molecule has 1 heterocycles. The second kappa shape index (κ2) is 10.8. The number of rotatable bonds is 9. The van der Waals surface area contributed by atoms with E-state index >= 15 is 0 Å². The molecule has 172 valence electrons. The van der Waals surface area contributed by atoms with E-state index in [1.165, 1.54) is 5.57 Å². The van der Waals surface area contributed by atoms with Crippen molar-refractivity contribution in [1.29, 1.82) is 0 Å². The van der Waals surface area contributed by atoms with Gasteiger partial charge in [0.2, 0.25) is 0 Å². The summed E-state index contributed by atoms with van der Waals surface area (Å²) in [7, 11) is 0. The number of nitrogens with zero attached hydrogens (tertiary/aromatic N) is 2. The van der Waals surface area contributed by atoms with E-state index < -0.39 is 11.6 Å². The number of carbonyl (C=O) groups is 2. The Balaban J connectivity index is 1.63. The Morgan fingerprint density at radius 2 is 1.70 bits per heavy atom. The average molecular weight is 447 g/mol. The number of carbonyl (C=O) groups excluding carboxylic acids is 1. The Bertz CT molecular complexity index is 1090. The summed E-state index contributed by atoms with van der Waals surface area (Å²) in [4.78, 5) is 27.4. The number of hydrogen-bond acceptors (Lipinski definition) is 4. The quantitative estimate of drug-likeness (QED) is 0.430. The molecule has 0 amide bonds. The molecule has 0 bridgehead atoms. The summed E-state index contributed by atoms with van der Waals surface area (Å²) < 4.78 is 7.44. The molecule has 0 radical (unpaired) electrons. The van der Waals surface area contributed by atoms with Crippen LogP contribution in [0.15, 0.2) is 72.8 Å². The largest absolute Gasteiger partial charge is 0.478 e. The number of imidazole rings is 1. The van der Waals surface area contributed by atoms with Crippen LogP contribution in [-0.4, -0.2) is 32.2 Å². The molecule has 1 N–H and O–H groups in total. The molecule has 33 heavy (non-hydrogen) atoms. The molecule has 0 spiro atoms. The fraction of sp³-hybridized carbons (Fsp3) is 0.296. The van der Waals surface area contributed by atoms with Gasteiger partial charge in [0.25, 0.3) is 0 Å². The molecule has 6 heteroatoms. The molecule has 1 aromatic heterocycles. The summed E-state index contributed by atoms with van der Waals surface area (Å²) in [6.07, 6.45) is 10.3. The van der Waals surface area contributed by atoms with Gasteiger partial charge in [-0.05, 0) is 81.0 Å². The Morgan fingerprint density at radius 3 is 2.27 bits per heavy atom. The third kappa shape index (κ3) is 7.75. The fourth-order valence-electron chi connectivity index (χ4n) is 3.43. The van der Waals surface area contributed by atoms with Crippen LogP contribution in [-0.2, 0) is 17.7 Å². The van der Waals surface area contributed by atoms with E-state index in [1.807, 2.05) is 67.9 Å². The number of aromatic carboxylic acids is 1. The maximum Gasteiger partial charge on any atom is 0.338 e. The average Bonchev–Trinajstić information content (AvgIpc) is 3.26. The summed E-state index contributed by atoms with van der Waals surface area (Å²) in [5, 5.41) is 9.10. The summed E-state index contributed by atoms with van der Waals surface area (Å²) in [6.45, 7) is 6.29. The molecule has 0 aliphatic carbocycles. The van der Waals surface area contributed by atoms with Crippen LogP contribution in [0, 0.1) is 0 Å². The molecular weight excluding hydrogens is 416 g/mol. The van der Waals surface area contributed by atoms with Gasteiger partial charge in [0, 0.05) is 18.9 Å². The lowest BCUT2D eigenvalue weighted by atomic mass is 10.0. The summed E-state index contributed by atoms with van der Waals surface area (Å²) in [5.74, 6) is -1.24. The molecule has 0 saturated heterocycles. The predicted octanol–water partition coefficient (Wildman–Crippen LogP) is 5.64. The monoisotopic (exact) mass is 446 g/mol. The maximum atomic E-state index is 12.2. The summed E-state index contributed by atoms with van der Waals surface area (Å²) in [5.41, 5.74) is 3.67. The van der Waals surface area contributed by atoms with Crippen molar-refractivity contribution in [2.75, 3.05) is 0 Å². The maximum absolute atomic E-state index is 12.2. The lowest BCUT2D eigenvalue weighted by molar-refractivity contribution is 0.00693. The lowest BCUT2D eigenvalue weighted by Crippen LogP contribution is -2.23. The molecule has 6 nitrogen and oxygen atoms in total. The van der Waals surface area contributed by atoms with E-state index in [0.29, 0.717) is 5.56 Å². The van der Waals surface area contributed by atoms with Gasteiger partial charge in [-0.2, -0.15) is 0 Å². The molecule has 0 atom stereocenters. The number of ether oxygens (including phenoxy) is 1. The van der Waals surface area contributed by atoms with Gasteiger partial charge < -0.3 is 14.4 Å². The molecule has 3 aromatic rings. The second-order valence-corrected chi connectivity index (χ2v) is 9.02. The first kappa shape index (κ1) is 24.0. The van der Waals surface area contributed by atoms with E-state index in [4.69, 9.17) is 9.84 Å². The first-order valence-electron chi connectivity index (χ1n) is 11.0.